The highest BCUT2D eigenvalue weighted by atomic mass is 16.5. The summed E-state index contributed by atoms with van der Waals surface area (Å²) in [5, 5.41) is 10.7. The third-order valence-electron chi connectivity index (χ3n) is 28.6. The lowest BCUT2D eigenvalue weighted by Crippen LogP contribution is -2.36. The maximum Gasteiger partial charge on any atom is 0.123 e. The number of ether oxygens (including phenoxy) is 17. The van der Waals surface area contributed by atoms with Gasteiger partial charge in [0.05, 0.1) is 103 Å². The Morgan fingerprint density at radius 2 is 0.459 bits per heavy atom. The van der Waals surface area contributed by atoms with Gasteiger partial charge in [-0.1, -0.05) is 233 Å². The van der Waals surface area contributed by atoms with Gasteiger partial charge >= 0.3 is 0 Å². The number of benzene rings is 8. The number of rotatable bonds is 48. The van der Waals surface area contributed by atoms with E-state index in [1.807, 2.05) is 176 Å². The van der Waals surface area contributed by atoms with Crippen LogP contribution in [0.2, 0.25) is 0 Å². The van der Waals surface area contributed by atoms with E-state index in [-0.39, 0.29) is 18.3 Å². The summed E-state index contributed by atoms with van der Waals surface area (Å²) >= 11 is 0. The Morgan fingerprint density at radius 1 is 0.243 bits per heavy atom. The Bertz CT molecular complexity index is 4600. The molecule has 16 rings (SSSR count). The maximum atomic E-state index is 10.7. The zero-order valence-corrected chi connectivity index (χ0v) is 93.6. The minimum atomic E-state index is -0.666. The molecule has 0 radical (unpaired) electrons. The fourth-order valence-electron chi connectivity index (χ4n) is 19.1. The number of hydrogen-bond donors (Lipinski definition) is 1. The summed E-state index contributed by atoms with van der Waals surface area (Å²) in [5.41, 5.74) is 0.535. The lowest BCUT2D eigenvalue weighted by atomic mass is 9.86. The van der Waals surface area contributed by atoms with Crippen LogP contribution in [0.1, 0.15) is 370 Å². The van der Waals surface area contributed by atoms with Crippen LogP contribution in [0, 0.1) is 42.4 Å². The first-order chi connectivity index (χ1) is 72.6. The van der Waals surface area contributed by atoms with Gasteiger partial charge < -0.3 is 85.6 Å². The van der Waals surface area contributed by atoms with Gasteiger partial charge in [0.15, 0.2) is 0 Å². The van der Waals surface area contributed by atoms with Crippen molar-refractivity contribution >= 4 is 0 Å². The molecule has 8 aromatic carbocycles. The average Bonchev–Trinajstić information content (AvgIpc) is 1.70. The first-order valence-electron chi connectivity index (χ1n) is 58.9. The average molecular weight is 2050 g/mol. The predicted molar refractivity (Wildman–Crippen MR) is 607 cm³/mol. The Labute approximate surface area is 895 Å². The van der Waals surface area contributed by atoms with Crippen molar-refractivity contribution in [2.75, 3.05) is 99.1 Å². The smallest absolute Gasteiger partial charge is 0.123 e. The van der Waals surface area contributed by atoms with Crippen molar-refractivity contribution in [3.05, 3.63) is 194 Å². The molecular formula is C130H196O18. The Kier molecular flexibility index (Phi) is 62.7. The minimum absolute atomic E-state index is 0.249. The molecule has 7 aliphatic carbocycles. The molecule has 1 aliphatic heterocycles. The van der Waals surface area contributed by atoms with E-state index >= 15 is 0 Å². The van der Waals surface area contributed by atoms with Gasteiger partial charge in [0.2, 0.25) is 0 Å². The molecule has 18 heteroatoms. The molecular weight excluding hydrogens is 1850 g/mol. The number of aryl methyl sites for hydroxylation is 1. The molecule has 1 unspecified atom stereocenters. The lowest BCUT2D eigenvalue weighted by Gasteiger charge is -2.30. The van der Waals surface area contributed by atoms with Crippen molar-refractivity contribution < 1.29 is 85.6 Å². The van der Waals surface area contributed by atoms with Crippen molar-refractivity contribution in [1.29, 1.82) is 0 Å². The topological polar surface area (TPSA) is 177 Å². The van der Waals surface area contributed by atoms with Crippen LogP contribution in [0.15, 0.2) is 188 Å². The van der Waals surface area contributed by atoms with Gasteiger partial charge in [-0.05, 0) is 319 Å². The van der Waals surface area contributed by atoms with Gasteiger partial charge in [-0.3, -0.25) is 0 Å². The predicted octanol–water partition coefficient (Wildman–Crippen LogP) is 34.7. The zero-order chi connectivity index (χ0) is 105. The van der Waals surface area contributed by atoms with E-state index in [4.69, 9.17) is 80.5 Å². The monoisotopic (exact) mass is 2050 g/mol. The molecule has 824 valence electrons. The second-order valence-corrected chi connectivity index (χ2v) is 42.3. The highest BCUT2D eigenvalue weighted by molar-refractivity contribution is 5.40. The molecule has 8 aliphatic rings. The van der Waals surface area contributed by atoms with Crippen molar-refractivity contribution in [3.63, 3.8) is 0 Å². The molecule has 8 aromatic rings. The minimum Gasteiger partial charge on any atom is -0.493 e. The largest absolute Gasteiger partial charge is 0.493 e. The summed E-state index contributed by atoms with van der Waals surface area (Å²) in [4.78, 5) is 0. The summed E-state index contributed by atoms with van der Waals surface area (Å²) in [5.74, 6) is 19.0. The molecule has 1 saturated heterocycles. The highest BCUT2D eigenvalue weighted by Gasteiger charge is 2.29. The third-order valence-corrected chi connectivity index (χ3v) is 28.6. The number of aliphatic hydroxyl groups is 1. The zero-order valence-electron chi connectivity index (χ0n) is 93.6. The normalized spacial score (nSPS) is 17.4. The summed E-state index contributed by atoms with van der Waals surface area (Å²) in [6.07, 6.45) is 58.1. The molecule has 0 amide bonds. The van der Waals surface area contributed by atoms with Crippen LogP contribution < -0.4 is 75.8 Å². The quantitative estimate of drug-likeness (QED) is 0.0380. The van der Waals surface area contributed by atoms with Gasteiger partial charge in [-0.15, -0.1) is 0 Å². The van der Waals surface area contributed by atoms with Gasteiger partial charge in [0.25, 0.3) is 0 Å². The lowest BCUT2D eigenvalue weighted by molar-refractivity contribution is -0.0257. The van der Waals surface area contributed by atoms with Gasteiger partial charge in [0, 0.05) is 55.1 Å². The van der Waals surface area contributed by atoms with Crippen molar-refractivity contribution in [2.24, 2.45) is 35.5 Å². The molecule has 1 N–H and O–H groups in total. The molecule has 18 nitrogen and oxygen atoms in total. The van der Waals surface area contributed by atoms with Gasteiger partial charge in [0.1, 0.15) is 105 Å². The van der Waals surface area contributed by atoms with Gasteiger partial charge in [-0.25, -0.2) is 0 Å². The second kappa shape index (κ2) is 76.1. The van der Waals surface area contributed by atoms with Crippen LogP contribution in [0.4, 0.5) is 0 Å². The Hall–Kier alpha value is -9.52. The van der Waals surface area contributed by atoms with Crippen LogP contribution >= 0.6 is 0 Å². The molecule has 7 saturated carbocycles. The van der Waals surface area contributed by atoms with Crippen LogP contribution in [0.5, 0.6) is 92.0 Å². The summed E-state index contributed by atoms with van der Waals surface area (Å²) in [6.45, 7) is 34.7. The van der Waals surface area contributed by atoms with E-state index in [1.165, 1.54) is 217 Å². The van der Waals surface area contributed by atoms with Crippen LogP contribution in [-0.2, 0) is 4.74 Å². The first kappa shape index (κ1) is 122. The van der Waals surface area contributed by atoms with Crippen molar-refractivity contribution in [3.8, 4) is 92.0 Å². The Morgan fingerprint density at radius 3 is 0.736 bits per heavy atom. The molecule has 0 aromatic heterocycles. The second-order valence-electron chi connectivity index (χ2n) is 42.3. The van der Waals surface area contributed by atoms with Crippen molar-refractivity contribution in [1.82, 2.24) is 0 Å². The van der Waals surface area contributed by atoms with Gasteiger partial charge in [-0.2, -0.15) is 0 Å². The standard InChI is InChI=1S/C18H28O3.C18H28O2.2C17H26O2.C16H24O2.C15H22O3.C15H22O2.C14H20O2/c1-2-13-20-16-9-8-10-17(14-16)21-15-18(19)11-6-4-3-5-7-12-18;1-2-13-19-17-11-8-12-18(14-17)20-15-16-9-6-4-3-5-7-10-16;1-3-14(2)19-17-11-7-10-16(12-17)18-13-15-8-5-4-6-9-15;1-3-9-18-16-10-14(2)11-17(12-16)19-13-15-7-5-4-6-8-15;1-3-13(2)18-16-10-6-9-15(11-16)17-12-14-7-4-5-8-14;1-2-9-16-13-7-5-8-14(11-13)18-12-15-6-3-4-10-17-15;1-2-10-16-14-8-5-9-15(11-14)17-12-13-6-3-4-7-13;1-2-9-15-13-7-4-8-14(10-13)16-11-12-5-3-6-12/h8-10,14,19H,2-7,11-13,15H2,1H3;8,11-12,14,16H,2-7,9-10,13,15H2,1H3;7,10-12,14-15H,3-6,8-9,13H2,1-2H3;10-12,15H,3-9,13H2,1-2H3;6,9-11,13-14H,3-5,7-8,12H2,1-2H3;5,7-8,11,15H,2-4,6,9-10,12H2,1H3;5,8-9,11,13H,2-4,6-7,10,12H2,1H3;4,7-8,10,12H,2-3,5-6,9,11H2,1H3/t;;14-;;13-;;;/m..0.0.../s1. The van der Waals surface area contributed by atoms with Crippen LogP contribution in [0.3, 0.4) is 0 Å². The first-order valence-corrected chi connectivity index (χ1v) is 58.9. The third kappa shape index (κ3) is 54.0. The fourth-order valence-corrected chi connectivity index (χ4v) is 19.1. The SMILES string of the molecule is CCCOc1cc(C)cc(OCC2CCCCC2)c1.CCCOc1cccc(OCC2(O)CCCCCCC2)c1.CCCOc1cccc(OCC2CCC2)c1.CCCOc1cccc(OCC2CCCC2)c1.CCCOc1cccc(OCC2CCCCCCC2)c1.CCCOc1cccc(OCC2CCCCO2)c1.CC[C@H](C)Oc1cccc(OCC2CCCC2)c1.CC[C@H](C)Oc1cccc(OCC2CCCCC2)c1. The van der Waals surface area contributed by atoms with Crippen molar-refractivity contribution in [2.45, 2.75) is 395 Å². The van der Waals surface area contributed by atoms with E-state index < -0.39 is 5.60 Å². The molecule has 3 atom stereocenters. The molecule has 1 heterocycles. The van der Waals surface area contributed by atoms with E-state index in [1.54, 1.807) is 0 Å². The summed E-state index contributed by atoms with van der Waals surface area (Å²) < 4.78 is 97.8. The van der Waals surface area contributed by atoms with Crippen LogP contribution in [0.25, 0.3) is 0 Å². The Balaban J connectivity index is 0.000000188. The van der Waals surface area contributed by atoms with E-state index in [2.05, 4.69) is 88.3 Å². The van der Waals surface area contributed by atoms with E-state index in [9.17, 15) is 5.11 Å². The molecule has 148 heavy (non-hydrogen) atoms. The molecule has 0 spiro atoms. The maximum absolute atomic E-state index is 10.7. The van der Waals surface area contributed by atoms with E-state index in [0.717, 1.165) is 290 Å². The summed E-state index contributed by atoms with van der Waals surface area (Å²) in [6, 6.07) is 61.7. The fraction of sp³-hybridized carbons (Fsp3) is 0.631. The van der Waals surface area contributed by atoms with Crippen LogP contribution in [-0.4, -0.2) is 128 Å². The summed E-state index contributed by atoms with van der Waals surface area (Å²) in [7, 11) is 0. The van der Waals surface area contributed by atoms with E-state index in [0.29, 0.717) is 19.8 Å². The number of hydrogen-bond acceptors (Lipinski definition) is 18. The molecule has 0 bridgehead atoms. The highest BCUT2D eigenvalue weighted by Crippen LogP contribution is 2.37. The molecule has 8 fully saturated rings.